The molecular formula is C67H126O6. The van der Waals surface area contributed by atoms with Gasteiger partial charge in [-0.2, -0.15) is 0 Å². The number of hydrogen-bond donors (Lipinski definition) is 0. The average molecular weight is 1030 g/mol. The molecule has 0 aliphatic rings. The van der Waals surface area contributed by atoms with Crippen molar-refractivity contribution >= 4 is 17.9 Å². The molecule has 73 heavy (non-hydrogen) atoms. The number of carbonyl (C=O) groups excluding carboxylic acids is 3. The van der Waals surface area contributed by atoms with Crippen molar-refractivity contribution < 1.29 is 28.6 Å². The van der Waals surface area contributed by atoms with Gasteiger partial charge in [0.05, 0.1) is 0 Å². The number of hydrogen-bond acceptors (Lipinski definition) is 6. The van der Waals surface area contributed by atoms with Crippen LogP contribution in [-0.2, 0) is 28.6 Å². The van der Waals surface area contributed by atoms with E-state index >= 15 is 0 Å². The predicted molar refractivity (Wildman–Crippen MR) is 316 cm³/mol. The van der Waals surface area contributed by atoms with Gasteiger partial charge in [0.2, 0.25) is 0 Å². The van der Waals surface area contributed by atoms with Crippen molar-refractivity contribution in [2.75, 3.05) is 13.2 Å². The summed E-state index contributed by atoms with van der Waals surface area (Å²) in [6.07, 6.45) is 74.7. The van der Waals surface area contributed by atoms with Crippen molar-refractivity contribution in [2.45, 2.75) is 374 Å². The molecule has 0 aliphatic heterocycles. The van der Waals surface area contributed by atoms with Crippen LogP contribution in [0.4, 0.5) is 0 Å². The first-order valence-electron chi connectivity index (χ1n) is 32.8. The average Bonchev–Trinajstić information content (AvgIpc) is 3.39. The standard InChI is InChI=1S/C67H126O6/c1-4-7-10-13-16-19-22-25-27-29-31-33-35-37-39-42-44-47-50-53-56-59-65(68)71-62-64(73-67(70)61-58-55-52-49-46-41-24-21-18-15-12-9-6-3)63-72-66(69)60-57-54-51-48-45-43-40-38-36-34-32-30-28-26-23-20-17-14-11-8-5-2/h25-28,64H,4-24,29-63H2,1-3H3/b27-25-,28-26-. The molecule has 0 atom stereocenters. The molecule has 0 heterocycles. The monoisotopic (exact) mass is 1030 g/mol. The van der Waals surface area contributed by atoms with Gasteiger partial charge in [0.25, 0.3) is 0 Å². The molecule has 0 spiro atoms. The topological polar surface area (TPSA) is 78.9 Å². The van der Waals surface area contributed by atoms with E-state index < -0.39 is 6.10 Å². The van der Waals surface area contributed by atoms with E-state index in [1.54, 1.807) is 0 Å². The first kappa shape index (κ1) is 70.9. The van der Waals surface area contributed by atoms with Crippen LogP contribution < -0.4 is 0 Å². The van der Waals surface area contributed by atoms with E-state index in [0.717, 1.165) is 57.8 Å². The molecule has 0 N–H and O–H groups in total. The summed E-state index contributed by atoms with van der Waals surface area (Å²) >= 11 is 0. The van der Waals surface area contributed by atoms with Crippen molar-refractivity contribution in [3.8, 4) is 0 Å². The lowest BCUT2D eigenvalue weighted by Crippen LogP contribution is -2.30. The highest BCUT2D eigenvalue weighted by Gasteiger charge is 2.19. The molecule has 0 bridgehead atoms. The Kier molecular flexibility index (Phi) is 60.6. The van der Waals surface area contributed by atoms with E-state index in [1.165, 1.54) is 270 Å². The Hall–Kier alpha value is -2.11. The highest BCUT2D eigenvalue weighted by molar-refractivity contribution is 5.71. The van der Waals surface area contributed by atoms with Gasteiger partial charge >= 0.3 is 17.9 Å². The molecule has 0 saturated carbocycles. The highest BCUT2D eigenvalue weighted by atomic mass is 16.6. The molecule has 0 radical (unpaired) electrons. The molecule has 0 fully saturated rings. The summed E-state index contributed by atoms with van der Waals surface area (Å²) in [7, 11) is 0. The maximum Gasteiger partial charge on any atom is 0.306 e. The van der Waals surface area contributed by atoms with Crippen LogP contribution in [0.5, 0.6) is 0 Å². The first-order valence-corrected chi connectivity index (χ1v) is 32.8. The molecule has 0 aromatic heterocycles. The fourth-order valence-corrected chi connectivity index (χ4v) is 9.97. The number of rotatable bonds is 61. The van der Waals surface area contributed by atoms with E-state index in [1.807, 2.05) is 0 Å². The van der Waals surface area contributed by atoms with Crippen molar-refractivity contribution in [1.82, 2.24) is 0 Å². The molecule has 430 valence electrons. The number of ether oxygens (including phenoxy) is 3. The van der Waals surface area contributed by atoms with Crippen molar-refractivity contribution in [1.29, 1.82) is 0 Å². The Morgan fingerprint density at radius 3 is 0.685 bits per heavy atom. The molecule has 6 heteroatoms. The van der Waals surface area contributed by atoms with Crippen molar-refractivity contribution in [2.24, 2.45) is 0 Å². The zero-order valence-corrected chi connectivity index (χ0v) is 49.4. The van der Waals surface area contributed by atoms with E-state index in [4.69, 9.17) is 14.2 Å². The Balaban J connectivity index is 4.25. The number of unbranched alkanes of at least 4 members (excludes halogenated alkanes) is 46. The van der Waals surface area contributed by atoms with Gasteiger partial charge in [-0.15, -0.1) is 0 Å². The minimum absolute atomic E-state index is 0.0664. The Bertz CT molecular complexity index is 1110. The SMILES string of the molecule is CCCCCCCC/C=C\CCCCCCCCCCCCCC(=O)OCC(COC(=O)CCCCCCCCCCCCC/C=C\CCCCCCCC)OC(=O)CCCCCCCCCCCCCCC. The van der Waals surface area contributed by atoms with Crippen LogP contribution in [0.2, 0.25) is 0 Å². The van der Waals surface area contributed by atoms with Crippen LogP contribution in [0.25, 0.3) is 0 Å². The highest BCUT2D eigenvalue weighted by Crippen LogP contribution is 2.18. The quantitative estimate of drug-likeness (QED) is 0.0261. The second-order valence-electron chi connectivity index (χ2n) is 22.4. The van der Waals surface area contributed by atoms with Gasteiger partial charge in [-0.3, -0.25) is 14.4 Å². The summed E-state index contributed by atoms with van der Waals surface area (Å²) in [4.78, 5) is 38.3. The Labute approximate surface area is 455 Å². The first-order chi connectivity index (χ1) is 36.0. The van der Waals surface area contributed by atoms with Gasteiger partial charge in [0.15, 0.2) is 6.10 Å². The van der Waals surface area contributed by atoms with E-state index in [-0.39, 0.29) is 31.1 Å². The third kappa shape index (κ3) is 60.6. The number of allylic oxidation sites excluding steroid dienone is 4. The van der Waals surface area contributed by atoms with Gasteiger partial charge in [-0.1, -0.05) is 302 Å². The van der Waals surface area contributed by atoms with E-state index in [2.05, 4.69) is 45.1 Å². The molecule has 0 rings (SSSR count). The zero-order chi connectivity index (χ0) is 52.9. The lowest BCUT2D eigenvalue weighted by atomic mass is 10.0. The fourth-order valence-electron chi connectivity index (χ4n) is 9.97. The Morgan fingerprint density at radius 1 is 0.260 bits per heavy atom. The van der Waals surface area contributed by atoms with Gasteiger partial charge in [0.1, 0.15) is 13.2 Å². The van der Waals surface area contributed by atoms with E-state index in [0.29, 0.717) is 19.3 Å². The molecule has 0 amide bonds. The summed E-state index contributed by atoms with van der Waals surface area (Å²) in [5, 5.41) is 0. The van der Waals surface area contributed by atoms with Crippen molar-refractivity contribution in [3.05, 3.63) is 24.3 Å². The van der Waals surface area contributed by atoms with Crippen LogP contribution in [-0.4, -0.2) is 37.2 Å². The lowest BCUT2D eigenvalue weighted by Gasteiger charge is -2.18. The predicted octanol–water partition coefficient (Wildman–Crippen LogP) is 22.2. The summed E-state index contributed by atoms with van der Waals surface area (Å²) in [6, 6.07) is 0. The summed E-state index contributed by atoms with van der Waals surface area (Å²) < 4.78 is 17.0. The molecule has 0 saturated heterocycles. The normalized spacial score (nSPS) is 11.7. The number of esters is 3. The van der Waals surface area contributed by atoms with Crippen LogP contribution in [0, 0.1) is 0 Å². The summed E-state index contributed by atoms with van der Waals surface area (Å²) in [6.45, 7) is 6.70. The lowest BCUT2D eigenvalue weighted by molar-refractivity contribution is -0.167. The largest absolute Gasteiger partial charge is 0.462 e. The molecule has 0 unspecified atom stereocenters. The summed E-state index contributed by atoms with van der Waals surface area (Å²) in [5.41, 5.74) is 0. The third-order valence-electron chi connectivity index (χ3n) is 14.9. The number of carbonyl (C=O) groups is 3. The molecular weight excluding hydrogens is 901 g/mol. The third-order valence-corrected chi connectivity index (χ3v) is 14.9. The maximum absolute atomic E-state index is 12.9. The second-order valence-corrected chi connectivity index (χ2v) is 22.4. The van der Waals surface area contributed by atoms with Crippen LogP contribution in [0.3, 0.4) is 0 Å². The van der Waals surface area contributed by atoms with Gasteiger partial charge in [-0.25, -0.2) is 0 Å². The zero-order valence-electron chi connectivity index (χ0n) is 49.4. The van der Waals surface area contributed by atoms with Gasteiger partial charge in [-0.05, 0) is 70.6 Å². The molecule has 0 aromatic rings. The maximum atomic E-state index is 12.9. The van der Waals surface area contributed by atoms with Crippen LogP contribution in [0.15, 0.2) is 24.3 Å². The summed E-state index contributed by atoms with van der Waals surface area (Å²) in [5.74, 6) is -0.840. The Morgan fingerprint density at radius 2 is 0.452 bits per heavy atom. The fraction of sp³-hybridized carbons (Fsp3) is 0.896. The molecule has 6 nitrogen and oxygen atoms in total. The minimum Gasteiger partial charge on any atom is -0.462 e. The molecule has 0 aromatic carbocycles. The minimum atomic E-state index is -0.768. The smallest absolute Gasteiger partial charge is 0.306 e. The second kappa shape index (κ2) is 62.4. The van der Waals surface area contributed by atoms with Crippen LogP contribution in [0.1, 0.15) is 367 Å². The van der Waals surface area contributed by atoms with Gasteiger partial charge < -0.3 is 14.2 Å². The van der Waals surface area contributed by atoms with Crippen molar-refractivity contribution in [3.63, 3.8) is 0 Å². The molecule has 0 aliphatic carbocycles. The van der Waals surface area contributed by atoms with E-state index in [9.17, 15) is 14.4 Å². The van der Waals surface area contributed by atoms with Crippen LogP contribution >= 0.6 is 0 Å². The van der Waals surface area contributed by atoms with Gasteiger partial charge in [0, 0.05) is 19.3 Å².